The number of benzene rings is 1. The van der Waals surface area contributed by atoms with Gasteiger partial charge in [0.1, 0.15) is 0 Å². The molecule has 1 unspecified atom stereocenters. The van der Waals surface area contributed by atoms with Gasteiger partial charge in [0.05, 0.1) is 6.10 Å². The Morgan fingerprint density at radius 1 is 1.40 bits per heavy atom. The number of hydrogen-bond donors (Lipinski definition) is 2. The molecule has 80 valence electrons. The fourth-order valence-corrected chi connectivity index (χ4v) is 1.85. The quantitative estimate of drug-likeness (QED) is 0.778. The van der Waals surface area contributed by atoms with Crippen molar-refractivity contribution in [2.75, 3.05) is 6.54 Å². The lowest BCUT2D eigenvalue weighted by atomic mass is 10.1. The molecule has 3 N–H and O–H groups in total. The Hall–Kier alpha value is -1.32. The van der Waals surface area contributed by atoms with E-state index in [0.29, 0.717) is 0 Å². The number of fused-ring (bicyclic) bond motifs is 1. The van der Waals surface area contributed by atoms with E-state index in [1.54, 1.807) is 0 Å². The second kappa shape index (κ2) is 3.68. The summed E-state index contributed by atoms with van der Waals surface area (Å²) in [6, 6.07) is 8.07. The number of nitrogens with zero attached hydrogens (tertiary/aromatic N) is 1. The molecule has 1 aromatic carbocycles. The Labute approximate surface area is 89.1 Å². The van der Waals surface area contributed by atoms with Crippen LogP contribution in [0.15, 0.2) is 24.3 Å². The van der Waals surface area contributed by atoms with Crippen LogP contribution in [0.5, 0.6) is 0 Å². The Morgan fingerprint density at radius 3 is 2.80 bits per heavy atom. The van der Waals surface area contributed by atoms with Gasteiger partial charge in [-0.1, -0.05) is 6.07 Å². The van der Waals surface area contributed by atoms with Crippen molar-refractivity contribution in [3.05, 3.63) is 35.5 Å². The number of nitrogens with two attached hydrogens (primary N) is 1. The van der Waals surface area contributed by atoms with Gasteiger partial charge in [0.15, 0.2) is 0 Å². The molecule has 0 fully saturated rings. The van der Waals surface area contributed by atoms with Crippen molar-refractivity contribution >= 4 is 10.9 Å². The second-order valence-corrected chi connectivity index (χ2v) is 3.91. The van der Waals surface area contributed by atoms with Crippen LogP contribution < -0.4 is 5.73 Å². The van der Waals surface area contributed by atoms with Crippen molar-refractivity contribution in [2.24, 2.45) is 12.8 Å². The zero-order valence-electron chi connectivity index (χ0n) is 9.07. The molecule has 3 nitrogen and oxygen atoms in total. The van der Waals surface area contributed by atoms with Crippen LogP contribution in [0.4, 0.5) is 0 Å². The number of rotatable bonds is 2. The van der Waals surface area contributed by atoms with Crippen LogP contribution in [0.2, 0.25) is 0 Å². The molecule has 15 heavy (non-hydrogen) atoms. The van der Waals surface area contributed by atoms with Gasteiger partial charge in [0.2, 0.25) is 0 Å². The van der Waals surface area contributed by atoms with E-state index in [2.05, 4.69) is 17.6 Å². The molecule has 1 atom stereocenters. The molecule has 0 saturated heterocycles. The van der Waals surface area contributed by atoms with E-state index in [-0.39, 0.29) is 6.54 Å². The van der Waals surface area contributed by atoms with Crippen LogP contribution in [-0.4, -0.2) is 16.2 Å². The summed E-state index contributed by atoms with van der Waals surface area (Å²) < 4.78 is 2.13. The van der Waals surface area contributed by atoms with Gasteiger partial charge < -0.3 is 15.4 Å². The first-order valence-corrected chi connectivity index (χ1v) is 5.07. The minimum atomic E-state index is -0.560. The molecular weight excluding hydrogens is 188 g/mol. The van der Waals surface area contributed by atoms with Crippen molar-refractivity contribution < 1.29 is 5.11 Å². The molecule has 0 amide bonds. The summed E-state index contributed by atoms with van der Waals surface area (Å²) in [7, 11) is 2.04. The summed E-state index contributed by atoms with van der Waals surface area (Å²) in [5.41, 5.74) is 8.71. The summed E-state index contributed by atoms with van der Waals surface area (Å²) in [4.78, 5) is 0. The number of hydrogen-bond acceptors (Lipinski definition) is 2. The molecule has 0 aliphatic carbocycles. The first-order chi connectivity index (χ1) is 7.13. The van der Waals surface area contributed by atoms with Gasteiger partial charge in [-0.15, -0.1) is 0 Å². The Bertz CT molecular complexity index is 488. The molecule has 0 spiro atoms. The average molecular weight is 204 g/mol. The van der Waals surface area contributed by atoms with Crippen LogP contribution in [0.3, 0.4) is 0 Å². The number of aliphatic hydroxyl groups excluding tert-OH is 1. The molecule has 0 radical (unpaired) electrons. The largest absolute Gasteiger partial charge is 0.387 e. The highest BCUT2D eigenvalue weighted by Gasteiger charge is 2.07. The molecule has 0 aliphatic heterocycles. The minimum absolute atomic E-state index is 0.261. The van der Waals surface area contributed by atoms with Gasteiger partial charge in [-0.25, -0.2) is 0 Å². The first kappa shape index (κ1) is 10.2. The fourth-order valence-electron chi connectivity index (χ4n) is 1.85. The molecule has 3 heteroatoms. The number of aromatic nitrogens is 1. The Kier molecular flexibility index (Phi) is 2.50. The molecule has 0 bridgehead atoms. The molecule has 0 aliphatic rings. The third-order valence-corrected chi connectivity index (χ3v) is 2.91. The highest BCUT2D eigenvalue weighted by atomic mass is 16.3. The zero-order chi connectivity index (χ0) is 11.0. The van der Waals surface area contributed by atoms with E-state index in [4.69, 9.17) is 5.73 Å². The topological polar surface area (TPSA) is 51.2 Å². The summed E-state index contributed by atoms with van der Waals surface area (Å²) in [6.07, 6.45) is -0.560. The maximum Gasteiger partial charge on any atom is 0.0912 e. The fraction of sp³-hybridized carbons (Fsp3) is 0.333. The van der Waals surface area contributed by atoms with Gasteiger partial charge in [0.25, 0.3) is 0 Å². The van der Waals surface area contributed by atoms with E-state index < -0.39 is 6.10 Å². The number of aliphatic hydroxyl groups is 1. The predicted molar refractivity (Wildman–Crippen MR) is 61.7 cm³/mol. The van der Waals surface area contributed by atoms with Crippen molar-refractivity contribution in [1.29, 1.82) is 0 Å². The highest BCUT2D eigenvalue weighted by molar-refractivity contribution is 5.82. The molecule has 2 rings (SSSR count). The molecule has 1 heterocycles. The molecule has 1 aromatic heterocycles. The van der Waals surface area contributed by atoms with Crippen molar-refractivity contribution in [3.63, 3.8) is 0 Å². The molecular formula is C12H16N2O. The zero-order valence-corrected chi connectivity index (χ0v) is 9.07. The van der Waals surface area contributed by atoms with E-state index in [9.17, 15) is 5.11 Å². The SMILES string of the molecule is Cc1cc2cc(C(O)CN)ccc2n1C. The highest BCUT2D eigenvalue weighted by Crippen LogP contribution is 2.22. The van der Waals surface area contributed by atoms with E-state index in [1.165, 1.54) is 11.2 Å². The van der Waals surface area contributed by atoms with Crippen molar-refractivity contribution in [1.82, 2.24) is 4.57 Å². The lowest BCUT2D eigenvalue weighted by Crippen LogP contribution is -2.11. The first-order valence-electron chi connectivity index (χ1n) is 5.07. The Balaban J connectivity index is 2.57. The third kappa shape index (κ3) is 1.64. The average Bonchev–Trinajstić information content (AvgIpc) is 2.53. The van der Waals surface area contributed by atoms with Crippen molar-refractivity contribution in [2.45, 2.75) is 13.0 Å². The molecule has 2 aromatic rings. The van der Waals surface area contributed by atoms with Crippen LogP contribution in [-0.2, 0) is 7.05 Å². The number of aryl methyl sites for hydroxylation is 2. The molecule has 0 saturated carbocycles. The van der Waals surface area contributed by atoms with Crippen LogP contribution in [0.25, 0.3) is 10.9 Å². The smallest absolute Gasteiger partial charge is 0.0912 e. The van der Waals surface area contributed by atoms with Crippen LogP contribution >= 0.6 is 0 Å². The monoisotopic (exact) mass is 204 g/mol. The minimum Gasteiger partial charge on any atom is -0.387 e. The lowest BCUT2D eigenvalue weighted by molar-refractivity contribution is 0.187. The van der Waals surface area contributed by atoms with E-state index >= 15 is 0 Å². The van der Waals surface area contributed by atoms with Crippen LogP contribution in [0, 0.1) is 6.92 Å². The predicted octanol–water partition coefficient (Wildman–Crippen LogP) is 1.48. The van der Waals surface area contributed by atoms with Crippen molar-refractivity contribution in [3.8, 4) is 0 Å². The summed E-state index contributed by atoms with van der Waals surface area (Å²) in [6.45, 7) is 2.33. The van der Waals surface area contributed by atoms with Gasteiger partial charge >= 0.3 is 0 Å². The van der Waals surface area contributed by atoms with Gasteiger partial charge in [-0.2, -0.15) is 0 Å². The second-order valence-electron chi connectivity index (χ2n) is 3.91. The Morgan fingerprint density at radius 2 is 2.13 bits per heavy atom. The van der Waals surface area contributed by atoms with Gasteiger partial charge in [-0.05, 0) is 30.7 Å². The maximum atomic E-state index is 9.63. The maximum absolute atomic E-state index is 9.63. The third-order valence-electron chi connectivity index (χ3n) is 2.91. The lowest BCUT2D eigenvalue weighted by Gasteiger charge is -2.08. The van der Waals surface area contributed by atoms with Crippen LogP contribution in [0.1, 0.15) is 17.4 Å². The summed E-state index contributed by atoms with van der Waals surface area (Å²) in [5.74, 6) is 0. The summed E-state index contributed by atoms with van der Waals surface area (Å²) >= 11 is 0. The standard InChI is InChI=1S/C12H16N2O/c1-8-5-10-6-9(12(15)7-13)3-4-11(10)14(8)2/h3-6,12,15H,7,13H2,1-2H3. The summed E-state index contributed by atoms with van der Waals surface area (Å²) in [5, 5.41) is 10.8. The van der Waals surface area contributed by atoms with Gasteiger partial charge in [-0.3, -0.25) is 0 Å². The normalized spacial score (nSPS) is 13.3. The van der Waals surface area contributed by atoms with Gasteiger partial charge in [0, 0.05) is 30.2 Å². The van der Waals surface area contributed by atoms with E-state index in [1.807, 2.05) is 25.2 Å². The van der Waals surface area contributed by atoms with E-state index in [0.717, 1.165) is 10.9 Å².